The van der Waals surface area contributed by atoms with Gasteiger partial charge in [-0.2, -0.15) is 0 Å². The highest BCUT2D eigenvalue weighted by molar-refractivity contribution is 5.85. The summed E-state index contributed by atoms with van der Waals surface area (Å²) in [4.78, 5) is 4.19. The minimum atomic E-state index is 0.634. The van der Waals surface area contributed by atoms with Crippen molar-refractivity contribution in [2.45, 2.75) is 33.6 Å². The van der Waals surface area contributed by atoms with E-state index in [9.17, 15) is 0 Å². The third-order valence-electron chi connectivity index (χ3n) is 1.46. The molecule has 0 aromatic carbocycles. The van der Waals surface area contributed by atoms with Crippen LogP contribution in [0.3, 0.4) is 0 Å². The van der Waals surface area contributed by atoms with Crippen molar-refractivity contribution in [2.24, 2.45) is 10.9 Å². The van der Waals surface area contributed by atoms with Gasteiger partial charge in [0, 0.05) is 12.8 Å². The topological polar surface area (TPSA) is 12.4 Å². The molecule has 0 saturated heterocycles. The Labute approximate surface area is 58.2 Å². The van der Waals surface area contributed by atoms with Crippen molar-refractivity contribution in [1.82, 2.24) is 0 Å². The van der Waals surface area contributed by atoms with Crippen LogP contribution in [0, 0.1) is 5.92 Å². The van der Waals surface area contributed by atoms with E-state index in [0.717, 1.165) is 6.42 Å². The number of nitrogens with zero attached hydrogens (tertiary/aromatic N) is 1. The summed E-state index contributed by atoms with van der Waals surface area (Å²) in [5.41, 5.74) is 1.34. The largest absolute Gasteiger partial charge is 0.297 e. The maximum absolute atomic E-state index is 4.19. The molecule has 0 aliphatic carbocycles. The smallest absolute Gasteiger partial charge is 0.0276 e. The Morgan fingerprint density at radius 3 is 2.11 bits per heavy atom. The van der Waals surface area contributed by atoms with Crippen LogP contribution in [0.5, 0.6) is 0 Å². The summed E-state index contributed by atoms with van der Waals surface area (Å²) in [5.74, 6) is 0.634. The molecule has 54 valence electrons. The predicted molar refractivity (Wildman–Crippen MR) is 43.1 cm³/mol. The van der Waals surface area contributed by atoms with Crippen molar-refractivity contribution in [3.63, 3.8) is 0 Å². The minimum Gasteiger partial charge on any atom is -0.297 e. The lowest BCUT2D eigenvalue weighted by molar-refractivity contribution is 0.825. The van der Waals surface area contributed by atoms with Gasteiger partial charge in [-0.3, -0.25) is 4.99 Å². The molecule has 0 unspecified atom stereocenters. The Bertz CT molecular complexity index is 92.7. The van der Waals surface area contributed by atoms with Crippen molar-refractivity contribution in [1.29, 1.82) is 0 Å². The van der Waals surface area contributed by atoms with E-state index in [4.69, 9.17) is 0 Å². The molecule has 0 spiro atoms. The second-order valence-corrected chi connectivity index (χ2v) is 2.62. The number of hydrogen-bond acceptors (Lipinski definition) is 1. The summed E-state index contributed by atoms with van der Waals surface area (Å²) in [7, 11) is 1.88. The fourth-order valence-corrected chi connectivity index (χ4v) is 0.915. The molecule has 0 heterocycles. The normalized spacial score (nSPS) is 12.8. The Morgan fingerprint density at radius 2 is 2.00 bits per heavy atom. The van der Waals surface area contributed by atoms with Gasteiger partial charge in [-0.25, -0.2) is 0 Å². The Hall–Kier alpha value is -0.330. The summed E-state index contributed by atoms with van der Waals surface area (Å²) in [5, 5.41) is 0. The zero-order valence-electron chi connectivity index (χ0n) is 6.94. The summed E-state index contributed by atoms with van der Waals surface area (Å²) in [6, 6.07) is 0. The Balaban J connectivity index is 3.70. The van der Waals surface area contributed by atoms with Crippen molar-refractivity contribution in [2.75, 3.05) is 7.05 Å². The first-order valence-corrected chi connectivity index (χ1v) is 3.67. The minimum absolute atomic E-state index is 0.634. The SMILES string of the molecule is CCC/C(=N/C)C(C)C. The predicted octanol–water partition coefficient (Wildman–Crippen LogP) is 2.51. The van der Waals surface area contributed by atoms with Crippen molar-refractivity contribution in [3.05, 3.63) is 0 Å². The summed E-state index contributed by atoms with van der Waals surface area (Å²) >= 11 is 0. The van der Waals surface area contributed by atoms with E-state index in [2.05, 4.69) is 25.8 Å². The first-order chi connectivity index (χ1) is 4.22. The van der Waals surface area contributed by atoms with E-state index in [1.807, 2.05) is 7.05 Å². The molecule has 0 amide bonds. The van der Waals surface area contributed by atoms with Gasteiger partial charge in [0.05, 0.1) is 0 Å². The third kappa shape index (κ3) is 3.28. The van der Waals surface area contributed by atoms with Gasteiger partial charge in [-0.1, -0.05) is 27.2 Å². The molecule has 0 aromatic heterocycles. The van der Waals surface area contributed by atoms with Gasteiger partial charge in [-0.15, -0.1) is 0 Å². The van der Waals surface area contributed by atoms with Crippen LogP contribution in [0.4, 0.5) is 0 Å². The summed E-state index contributed by atoms with van der Waals surface area (Å²) in [6.07, 6.45) is 2.37. The molecule has 1 nitrogen and oxygen atoms in total. The molecule has 1 heteroatoms. The molecule has 0 fully saturated rings. The van der Waals surface area contributed by atoms with Crippen LogP contribution >= 0.6 is 0 Å². The lowest BCUT2D eigenvalue weighted by Gasteiger charge is -2.06. The lowest BCUT2D eigenvalue weighted by Crippen LogP contribution is -2.06. The van der Waals surface area contributed by atoms with Crippen LogP contribution < -0.4 is 0 Å². The van der Waals surface area contributed by atoms with Gasteiger partial charge in [-0.05, 0) is 12.3 Å². The van der Waals surface area contributed by atoms with Gasteiger partial charge >= 0.3 is 0 Å². The van der Waals surface area contributed by atoms with E-state index in [-0.39, 0.29) is 0 Å². The molecule has 0 aromatic rings. The highest BCUT2D eigenvalue weighted by atomic mass is 14.7. The van der Waals surface area contributed by atoms with Crippen LogP contribution in [0.15, 0.2) is 4.99 Å². The van der Waals surface area contributed by atoms with Crippen molar-refractivity contribution < 1.29 is 0 Å². The van der Waals surface area contributed by atoms with Crippen LogP contribution in [0.1, 0.15) is 33.6 Å². The number of rotatable bonds is 3. The van der Waals surface area contributed by atoms with Crippen molar-refractivity contribution >= 4 is 5.71 Å². The zero-order valence-corrected chi connectivity index (χ0v) is 6.94. The van der Waals surface area contributed by atoms with Gasteiger partial charge < -0.3 is 0 Å². The van der Waals surface area contributed by atoms with Gasteiger partial charge in [0.2, 0.25) is 0 Å². The first kappa shape index (κ1) is 8.67. The van der Waals surface area contributed by atoms with E-state index in [0.29, 0.717) is 5.92 Å². The molecule has 9 heavy (non-hydrogen) atoms. The van der Waals surface area contributed by atoms with E-state index in [1.165, 1.54) is 12.1 Å². The van der Waals surface area contributed by atoms with Crippen LogP contribution in [-0.2, 0) is 0 Å². The van der Waals surface area contributed by atoms with E-state index in [1.54, 1.807) is 0 Å². The zero-order chi connectivity index (χ0) is 7.28. The van der Waals surface area contributed by atoms with Crippen LogP contribution in [0.25, 0.3) is 0 Å². The monoisotopic (exact) mass is 127 g/mol. The summed E-state index contributed by atoms with van der Waals surface area (Å²) < 4.78 is 0. The van der Waals surface area contributed by atoms with E-state index < -0.39 is 0 Å². The molecule has 0 rings (SSSR count). The van der Waals surface area contributed by atoms with E-state index >= 15 is 0 Å². The fraction of sp³-hybridized carbons (Fsp3) is 0.875. The molecular formula is C8H17N. The summed E-state index contributed by atoms with van der Waals surface area (Å²) in [6.45, 7) is 6.57. The van der Waals surface area contributed by atoms with Crippen LogP contribution in [0.2, 0.25) is 0 Å². The lowest BCUT2D eigenvalue weighted by atomic mass is 10.0. The molecule has 0 radical (unpaired) electrons. The maximum Gasteiger partial charge on any atom is 0.0276 e. The third-order valence-corrected chi connectivity index (χ3v) is 1.46. The number of aliphatic imine (C=N–C) groups is 1. The Morgan fingerprint density at radius 1 is 1.44 bits per heavy atom. The number of hydrogen-bond donors (Lipinski definition) is 0. The van der Waals surface area contributed by atoms with Crippen molar-refractivity contribution in [3.8, 4) is 0 Å². The highest BCUT2D eigenvalue weighted by Crippen LogP contribution is 2.02. The average molecular weight is 127 g/mol. The molecule has 0 N–H and O–H groups in total. The standard InChI is InChI=1S/C8H17N/c1-5-6-8(9-4)7(2)3/h7H,5-6H2,1-4H3/b9-8-. The molecule has 0 bridgehead atoms. The second kappa shape index (κ2) is 4.54. The quantitative estimate of drug-likeness (QED) is 0.516. The van der Waals surface area contributed by atoms with Gasteiger partial charge in [0.25, 0.3) is 0 Å². The Kier molecular flexibility index (Phi) is 4.37. The van der Waals surface area contributed by atoms with Crippen LogP contribution in [-0.4, -0.2) is 12.8 Å². The van der Waals surface area contributed by atoms with Gasteiger partial charge in [0.15, 0.2) is 0 Å². The fourth-order valence-electron chi connectivity index (χ4n) is 0.915. The molecule has 0 saturated carbocycles. The maximum atomic E-state index is 4.19. The highest BCUT2D eigenvalue weighted by Gasteiger charge is 2.00. The molecule has 0 aliphatic heterocycles. The second-order valence-electron chi connectivity index (χ2n) is 2.62. The average Bonchev–Trinajstić information content (AvgIpc) is 1.82. The first-order valence-electron chi connectivity index (χ1n) is 3.67. The molecular weight excluding hydrogens is 110 g/mol. The van der Waals surface area contributed by atoms with Gasteiger partial charge in [0.1, 0.15) is 0 Å². The molecule has 0 atom stereocenters. The molecule has 0 aliphatic rings.